The van der Waals surface area contributed by atoms with Crippen molar-refractivity contribution in [3.63, 3.8) is 0 Å². The number of fused-ring (bicyclic) bond motifs is 5. The zero-order valence-corrected chi connectivity index (χ0v) is 23.3. The first-order chi connectivity index (χ1) is 17.2. The Morgan fingerprint density at radius 1 is 1.03 bits per heavy atom. The maximum atomic E-state index is 12.7. The lowest BCUT2D eigenvalue weighted by Gasteiger charge is -2.58. The van der Waals surface area contributed by atoms with E-state index in [0.29, 0.717) is 22.3 Å². The monoisotopic (exact) mass is 488 g/mol. The van der Waals surface area contributed by atoms with E-state index in [4.69, 9.17) is 4.74 Å². The summed E-state index contributed by atoms with van der Waals surface area (Å²) in [7, 11) is 0. The summed E-state index contributed by atoms with van der Waals surface area (Å²) in [5.41, 5.74) is 3.04. The van der Waals surface area contributed by atoms with Crippen LogP contribution in [-0.2, 0) is 4.74 Å². The minimum Gasteiger partial charge on any atom is -0.458 e. The number of carbonyl (C=O) groups is 1. The topological polar surface area (TPSA) is 26.3 Å². The molecule has 0 amide bonds. The molecule has 1 aromatic rings. The van der Waals surface area contributed by atoms with Crippen molar-refractivity contribution in [2.45, 2.75) is 98.5 Å². The van der Waals surface area contributed by atoms with Crippen molar-refractivity contribution >= 4 is 5.97 Å². The quantitative estimate of drug-likeness (QED) is 0.295. The summed E-state index contributed by atoms with van der Waals surface area (Å²) < 4.78 is 5.99. The third-order valence-electron chi connectivity index (χ3n) is 11.1. The number of ether oxygens (including phenoxy) is 1. The molecule has 4 aliphatic rings. The minimum atomic E-state index is -0.166. The lowest BCUT2D eigenvalue weighted by atomic mass is 9.47. The van der Waals surface area contributed by atoms with Gasteiger partial charge in [0.25, 0.3) is 0 Å². The fraction of sp³-hybridized carbons (Fsp3) is 0.676. The van der Waals surface area contributed by atoms with E-state index in [9.17, 15) is 4.79 Å². The highest BCUT2D eigenvalue weighted by molar-refractivity contribution is 5.89. The maximum absolute atomic E-state index is 12.7. The fourth-order valence-electron chi connectivity index (χ4n) is 9.13. The number of benzene rings is 1. The van der Waals surface area contributed by atoms with Gasteiger partial charge in [-0.15, -0.1) is 0 Å². The predicted molar refractivity (Wildman–Crippen MR) is 149 cm³/mol. The molecule has 1 aromatic carbocycles. The molecule has 0 N–H and O–H groups in total. The smallest absolute Gasteiger partial charge is 0.338 e. The van der Waals surface area contributed by atoms with Gasteiger partial charge in [0.2, 0.25) is 0 Å². The number of esters is 1. The zero-order valence-electron chi connectivity index (χ0n) is 23.3. The average molecular weight is 489 g/mol. The third-order valence-corrected chi connectivity index (χ3v) is 11.1. The average Bonchev–Trinajstić information content (AvgIpc) is 3.22. The highest BCUT2D eigenvalue weighted by Gasteiger charge is 2.59. The molecule has 4 aliphatic carbocycles. The maximum Gasteiger partial charge on any atom is 0.338 e. The number of hydrogen-bond donors (Lipinski definition) is 0. The van der Waals surface area contributed by atoms with Gasteiger partial charge in [-0.2, -0.15) is 0 Å². The van der Waals surface area contributed by atoms with Gasteiger partial charge in [0, 0.05) is 6.42 Å². The molecule has 0 aliphatic heterocycles. The Bertz CT molecular complexity index is 990. The second kappa shape index (κ2) is 10.1. The molecule has 36 heavy (non-hydrogen) atoms. The normalized spacial score (nSPS) is 38.7. The van der Waals surface area contributed by atoms with Crippen LogP contribution in [0.5, 0.6) is 0 Å². The van der Waals surface area contributed by atoms with Crippen LogP contribution in [0.1, 0.15) is 103 Å². The number of allylic oxidation sites excluding steroid dienone is 3. The Kier molecular flexibility index (Phi) is 7.27. The van der Waals surface area contributed by atoms with Crippen molar-refractivity contribution in [3.05, 3.63) is 59.7 Å². The lowest BCUT2D eigenvalue weighted by molar-refractivity contribution is -0.0565. The standard InChI is InChI=1S/C34H48O2/c1-23(2)10-9-11-24(3)29-16-17-30-28-15-14-26-22-27(36-32(35)25-12-7-6-8-13-25)18-20-33(26,4)31(28)19-21-34(29,30)5/h6-9,11-14,23-24,27-31H,10,15-22H2,1-5H3/b11-9-/t24-,27-,28+,29-,30+,31+,33+,34-/m1/s1. The van der Waals surface area contributed by atoms with Crippen LogP contribution in [0, 0.1) is 46.3 Å². The van der Waals surface area contributed by atoms with Crippen molar-refractivity contribution in [1.82, 2.24) is 0 Å². The van der Waals surface area contributed by atoms with Crippen LogP contribution in [0.15, 0.2) is 54.1 Å². The van der Waals surface area contributed by atoms with Gasteiger partial charge in [0.15, 0.2) is 0 Å². The van der Waals surface area contributed by atoms with Crippen LogP contribution in [0.25, 0.3) is 0 Å². The van der Waals surface area contributed by atoms with E-state index >= 15 is 0 Å². The van der Waals surface area contributed by atoms with Gasteiger partial charge in [-0.05, 0) is 110 Å². The van der Waals surface area contributed by atoms with Crippen molar-refractivity contribution in [2.24, 2.45) is 46.3 Å². The minimum absolute atomic E-state index is 0.0248. The lowest BCUT2D eigenvalue weighted by Crippen LogP contribution is -2.51. The SMILES string of the molecule is CC(C)C/C=C\[C@@H](C)[C@H]1CC[C@H]2[C@@H]3CC=C4C[C@H](OC(=O)c5ccccc5)CC[C@]4(C)[C@H]3CC[C@]12C. The summed E-state index contributed by atoms with van der Waals surface area (Å²) in [6, 6.07) is 9.47. The number of rotatable bonds is 6. The molecule has 5 rings (SSSR count). The third kappa shape index (κ3) is 4.63. The first kappa shape index (κ1) is 25.8. The van der Waals surface area contributed by atoms with Crippen molar-refractivity contribution in [1.29, 1.82) is 0 Å². The van der Waals surface area contributed by atoms with Crippen LogP contribution in [0.4, 0.5) is 0 Å². The van der Waals surface area contributed by atoms with E-state index in [1.165, 1.54) is 38.5 Å². The van der Waals surface area contributed by atoms with Crippen LogP contribution in [0.2, 0.25) is 0 Å². The summed E-state index contributed by atoms with van der Waals surface area (Å²) in [5, 5.41) is 0. The van der Waals surface area contributed by atoms with Crippen LogP contribution >= 0.6 is 0 Å². The van der Waals surface area contributed by atoms with E-state index in [-0.39, 0.29) is 12.1 Å². The van der Waals surface area contributed by atoms with Crippen LogP contribution in [0.3, 0.4) is 0 Å². The molecule has 0 bridgehead atoms. The predicted octanol–water partition coefficient (Wildman–Crippen LogP) is 9.03. The zero-order chi connectivity index (χ0) is 25.5. The van der Waals surface area contributed by atoms with E-state index in [2.05, 4.69) is 52.8 Å². The molecule has 2 heteroatoms. The molecule has 3 saturated carbocycles. The van der Waals surface area contributed by atoms with E-state index < -0.39 is 0 Å². The molecule has 0 unspecified atom stereocenters. The molecular weight excluding hydrogens is 440 g/mol. The van der Waals surface area contributed by atoms with Gasteiger partial charge in [-0.3, -0.25) is 0 Å². The Hall–Kier alpha value is -1.83. The van der Waals surface area contributed by atoms with Crippen molar-refractivity contribution in [2.75, 3.05) is 0 Å². The second-order valence-electron chi connectivity index (χ2n) is 13.5. The summed E-state index contributed by atoms with van der Waals surface area (Å²) in [6.45, 7) is 12.3. The van der Waals surface area contributed by atoms with Crippen LogP contribution < -0.4 is 0 Å². The first-order valence-electron chi connectivity index (χ1n) is 14.8. The molecule has 0 aromatic heterocycles. The second-order valence-corrected chi connectivity index (χ2v) is 13.5. The molecule has 0 saturated heterocycles. The van der Waals surface area contributed by atoms with Gasteiger partial charge in [0.1, 0.15) is 6.10 Å². The largest absolute Gasteiger partial charge is 0.458 e. The summed E-state index contributed by atoms with van der Waals surface area (Å²) in [5.74, 6) is 4.60. The molecule has 3 fully saturated rings. The Balaban J connectivity index is 1.27. The Morgan fingerprint density at radius 2 is 1.81 bits per heavy atom. The van der Waals surface area contributed by atoms with E-state index in [1.54, 1.807) is 5.57 Å². The molecule has 0 spiro atoms. The molecule has 2 nitrogen and oxygen atoms in total. The summed E-state index contributed by atoms with van der Waals surface area (Å²) in [4.78, 5) is 12.7. The van der Waals surface area contributed by atoms with Gasteiger partial charge >= 0.3 is 5.97 Å². The van der Waals surface area contributed by atoms with E-state index in [0.717, 1.165) is 48.9 Å². The highest BCUT2D eigenvalue weighted by atomic mass is 16.5. The fourth-order valence-corrected chi connectivity index (χ4v) is 9.13. The number of hydrogen-bond acceptors (Lipinski definition) is 2. The number of carbonyl (C=O) groups excluding carboxylic acids is 1. The summed E-state index contributed by atoms with van der Waals surface area (Å²) >= 11 is 0. The van der Waals surface area contributed by atoms with Crippen LogP contribution in [-0.4, -0.2) is 12.1 Å². The molecule has 0 radical (unpaired) electrons. The van der Waals surface area contributed by atoms with Gasteiger partial charge in [-0.25, -0.2) is 4.79 Å². The highest BCUT2D eigenvalue weighted by Crippen LogP contribution is 2.67. The van der Waals surface area contributed by atoms with Crippen molar-refractivity contribution < 1.29 is 9.53 Å². The van der Waals surface area contributed by atoms with Gasteiger partial charge in [0.05, 0.1) is 5.56 Å². The Morgan fingerprint density at radius 3 is 2.56 bits per heavy atom. The molecule has 8 atom stereocenters. The van der Waals surface area contributed by atoms with Gasteiger partial charge < -0.3 is 4.74 Å². The Labute approximate surface area is 220 Å². The molecule has 196 valence electrons. The first-order valence-corrected chi connectivity index (χ1v) is 14.8. The summed E-state index contributed by atoms with van der Waals surface area (Å²) in [6.07, 6.45) is 18.7. The molecule has 0 heterocycles. The van der Waals surface area contributed by atoms with Gasteiger partial charge in [-0.1, -0.05) is 76.6 Å². The van der Waals surface area contributed by atoms with E-state index in [1.807, 2.05) is 30.3 Å². The molecular formula is C34H48O2. The van der Waals surface area contributed by atoms with Crippen molar-refractivity contribution in [3.8, 4) is 0 Å².